The minimum absolute atomic E-state index is 0.254. The lowest BCUT2D eigenvalue weighted by atomic mass is 10.2. The molecule has 0 aromatic heterocycles. The van der Waals surface area contributed by atoms with Crippen LogP contribution in [0.5, 0.6) is 5.75 Å². The predicted octanol–water partition coefficient (Wildman–Crippen LogP) is 4.37. The smallest absolute Gasteiger partial charge is 0.271 e. The van der Waals surface area contributed by atoms with E-state index >= 15 is 0 Å². The number of halogens is 2. The first-order chi connectivity index (χ1) is 14.5. The number of amides is 2. The standard InChI is InChI=1S/C22H17BrFN3O3/c23-17-6-11-20(30-14-21(28)26-19-9-7-18(24)8-10-19)16(12-17)13-25-27-22(29)15-4-2-1-3-5-15/h1-13H,14H2,(H,26,28)(H,27,29). The first-order valence-electron chi connectivity index (χ1n) is 8.87. The van der Waals surface area contributed by atoms with Crippen LogP contribution in [0.2, 0.25) is 0 Å². The van der Waals surface area contributed by atoms with Crippen LogP contribution in [0.25, 0.3) is 0 Å². The van der Waals surface area contributed by atoms with Crippen LogP contribution in [0.4, 0.5) is 10.1 Å². The van der Waals surface area contributed by atoms with Gasteiger partial charge in [-0.15, -0.1) is 0 Å². The van der Waals surface area contributed by atoms with E-state index in [1.807, 2.05) is 6.07 Å². The summed E-state index contributed by atoms with van der Waals surface area (Å²) in [5.74, 6) is -0.722. The molecule has 0 saturated heterocycles. The van der Waals surface area contributed by atoms with Gasteiger partial charge in [0.2, 0.25) is 0 Å². The molecule has 0 unspecified atom stereocenters. The van der Waals surface area contributed by atoms with Crippen LogP contribution in [-0.2, 0) is 4.79 Å². The van der Waals surface area contributed by atoms with Gasteiger partial charge in [0.15, 0.2) is 6.61 Å². The summed E-state index contributed by atoms with van der Waals surface area (Å²) in [4.78, 5) is 24.1. The zero-order valence-corrected chi connectivity index (χ0v) is 17.2. The number of hydrogen-bond donors (Lipinski definition) is 2. The number of hydrogen-bond acceptors (Lipinski definition) is 4. The molecule has 0 bridgehead atoms. The highest BCUT2D eigenvalue weighted by molar-refractivity contribution is 9.10. The maximum Gasteiger partial charge on any atom is 0.271 e. The Balaban J connectivity index is 1.61. The highest BCUT2D eigenvalue weighted by Gasteiger charge is 2.08. The van der Waals surface area contributed by atoms with Crippen LogP contribution in [0.3, 0.4) is 0 Å². The monoisotopic (exact) mass is 469 g/mol. The Morgan fingerprint density at radius 1 is 1.03 bits per heavy atom. The molecule has 3 aromatic carbocycles. The Morgan fingerprint density at radius 2 is 1.77 bits per heavy atom. The molecule has 2 N–H and O–H groups in total. The van der Waals surface area contributed by atoms with Crippen LogP contribution in [0.1, 0.15) is 15.9 Å². The van der Waals surface area contributed by atoms with Crippen molar-refractivity contribution in [3.8, 4) is 5.75 Å². The lowest BCUT2D eigenvalue weighted by molar-refractivity contribution is -0.118. The van der Waals surface area contributed by atoms with E-state index in [4.69, 9.17) is 4.74 Å². The van der Waals surface area contributed by atoms with Crippen molar-refractivity contribution < 1.29 is 18.7 Å². The van der Waals surface area contributed by atoms with E-state index in [1.165, 1.54) is 30.5 Å². The van der Waals surface area contributed by atoms with Gasteiger partial charge in [-0.05, 0) is 54.6 Å². The summed E-state index contributed by atoms with van der Waals surface area (Å²) in [6.07, 6.45) is 1.43. The number of nitrogens with one attached hydrogen (secondary N) is 2. The molecular weight excluding hydrogens is 453 g/mol. The van der Waals surface area contributed by atoms with Crippen LogP contribution < -0.4 is 15.5 Å². The summed E-state index contributed by atoms with van der Waals surface area (Å²) in [7, 11) is 0. The minimum atomic E-state index is -0.398. The van der Waals surface area contributed by atoms with Crippen molar-refractivity contribution in [1.82, 2.24) is 5.43 Å². The van der Waals surface area contributed by atoms with Crippen molar-refractivity contribution in [2.24, 2.45) is 5.10 Å². The van der Waals surface area contributed by atoms with Gasteiger partial charge in [0, 0.05) is 21.3 Å². The quantitative estimate of drug-likeness (QED) is 0.398. The van der Waals surface area contributed by atoms with Crippen LogP contribution in [0.15, 0.2) is 82.4 Å². The molecule has 0 atom stereocenters. The van der Waals surface area contributed by atoms with E-state index in [2.05, 4.69) is 31.8 Å². The van der Waals surface area contributed by atoms with Crippen molar-refractivity contribution in [3.63, 3.8) is 0 Å². The summed E-state index contributed by atoms with van der Waals surface area (Å²) in [6.45, 7) is -0.254. The third kappa shape index (κ3) is 6.25. The number of nitrogens with zero attached hydrogens (tertiary/aromatic N) is 1. The number of ether oxygens (including phenoxy) is 1. The summed E-state index contributed by atoms with van der Waals surface area (Å²) in [5.41, 5.74) is 3.96. The SMILES string of the molecule is O=C(COc1ccc(Br)cc1C=NNC(=O)c1ccccc1)Nc1ccc(F)cc1. The second-order valence-electron chi connectivity index (χ2n) is 6.09. The zero-order valence-electron chi connectivity index (χ0n) is 15.6. The van der Waals surface area contributed by atoms with Crippen molar-refractivity contribution in [2.45, 2.75) is 0 Å². The first-order valence-corrected chi connectivity index (χ1v) is 9.67. The molecule has 0 aliphatic heterocycles. The van der Waals surface area contributed by atoms with E-state index in [-0.39, 0.29) is 18.3 Å². The van der Waals surface area contributed by atoms with E-state index in [1.54, 1.807) is 42.5 Å². The molecule has 30 heavy (non-hydrogen) atoms. The molecule has 0 saturated carbocycles. The van der Waals surface area contributed by atoms with Gasteiger partial charge < -0.3 is 10.1 Å². The summed E-state index contributed by atoms with van der Waals surface area (Å²) >= 11 is 3.37. The maximum absolute atomic E-state index is 12.9. The number of carbonyl (C=O) groups is 2. The number of anilines is 1. The highest BCUT2D eigenvalue weighted by atomic mass is 79.9. The number of hydrazone groups is 1. The molecule has 0 spiro atoms. The summed E-state index contributed by atoms with van der Waals surface area (Å²) < 4.78 is 19.3. The molecule has 152 valence electrons. The fraction of sp³-hybridized carbons (Fsp3) is 0.0455. The Labute approximate surface area is 180 Å². The van der Waals surface area contributed by atoms with Crippen LogP contribution in [0, 0.1) is 5.82 Å². The molecule has 0 radical (unpaired) electrons. The van der Waals surface area contributed by atoms with Gasteiger partial charge in [0.1, 0.15) is 11.6 Å². The molecule has 2 amide bonds. The molecule has 8 heteroatoms. The van der Waals surface area contributed by atoms with Gasteiger partial charge in [-0.1, -0.05) is 34.1 Å². The lowest BCUT2D eigenvalue weighted by Crippen LogP contribution is -2.20. The molecule has 6 nitrogen and oxygen atoms in total. The predicted molar refractivity (Wildman–Crippen MR) is 116 cm³/mol. The Hall–Kier alpha value is -3.52. The Bertz CT molecular complexity index is 1060. The second kappa shape index (κ2) is 10.3. The highest BCUT2D eigenvalue weighted by Crippen LogP contribution is 2.22. The van der Waals surface area contributed by atoms with Crippen molar-refractivity contribution in [3.05, 3.63) is 94.2 Å². The minimum Gasteiger partial charge on any atom is -0.483 e. The Morgan fingerprint density at radius 3 is 2.50 bits per heavy atom. The van der Waals surface area contributed by atoms with Crippen LogP contribution in [-0.4, -0.2) is 24.6 Å². The van der Waals surface area contributed by atoms with Crippen molar-refractivity contribution in [2.75, 3.05) is 11.9 Å². The largest absolute Gasteiger partial charge is 0.483 e. The van der Waals surface area contributed by atoms with E-state index < -0.39 is 5.91 Å². The fourth-order valence-electron chi connectivity index (χ4n) is 2.44. The van der Waals surface area contributed by atoms with E-state index in [0.29, 0.717) is 22.6 Å². The third-order valence-corrected chi connectivity index (χ3v) is 4.36. The summed E-state index contributed by atoms with van der Waals surface area (Å²) in [6, 6.07) is 19.3. The average Bonchev–Trinajstić information content (AvgIpc) is 2.75. The van der Waals surface area contributed by atoms with Gasteiger partial charge in [-0.25, -0.2) is 9.82 Å². The van der Waals surface area contributed by atoms with Gasteiger partial charge in [0.25, 0.3) is 11.8 Å². The van der Waals surface area contributed by atoms with E-state index in [9.17, 15) is 14.0 Å². The topological polar surface area (TPSA) is 79.8 Å². The van der Waals surface area contributed by atoms with Gasteiger partial charge in [-0.2, -0.15) is 5.10 Å². The van der Waals surface area contributed by atoms with Crippen molar-refractivity contribution >= 4 is 39.6 Å². The van der Waals surface area contributed by atoms with Gasteiger partial charge in [0.05, 0.1) is 6.21 Å². The van der Waals surface area contributed by atoms with Gasteiger partial charge in [-0.3, -0.25) is 9.59 Å². The van der Waals surface area contributed by atoms with Gasteiger partial charge >= 0.3 is 0 Å². The average molecular weight is 470 g/mol. The molecule has 0 fully saturated rings. The fourth-order valence-corrected chi connectivity index (χ4v) is 2.82. The number of carbonyl (C=O) groups excluding carboxylic acids is 2. The molecule has 0 aliphatic carbocycles. The van der Waals surface area contributed by atoms with E-state index in [0.717, 1.165) is 4.47 Å². The zero-order chi connectivity index (χ0) is 21.3. The second-order valence-corrected chi connectivity index (χ2v) is 7.01. The number of rotatable bonds is 7. The van der Waals surface area contributed by atoms with Crippen LogP contribution >= 0.6 is 15.9 Å². The third-order valence-electron chi connectivity index (χ3n) is 3.86. The molecule has 0 aliphatic rings. The normalized spacial score (nSPS) is 10.6. The molecule has 3 aromatic rings. The molecular formula is C22H17BrFN3O3. The molecule has 0 heterocycles. The lowest BCUT2D eigenvalue weighted by Gasteiger charge is -2.10. The first kappa shape index (κ1) is 21.2. The van der Waals surface area contributed by atoms with Crippen molar-refractivity contribution in [1.29, 1.82) is 0 Å². The number of benzene rings is 3. The summed E-state index contributed by atoms with van der Waals surface area (Å²) in [5, 5.41) is 6.58. The maximum atomic E-state index is 12.9. The molecule has 3 rings (SSSR count). The Kier molecular flexibility index (Phi) is 7.29.